The van der Waals surface area contributed by atoms with Crippen molar-refractivity contribution in [3.8, 4) is 0 Å². The van der Waals surface area contributed by atoms with Gasteiger partial charge in [0.2, 0.25) is 0 Å². The van der Waals surface area contributed by atoms with E-state index in [1.165, 1.54) is 31.6 Å². The molecule has 1 atom stereocenters. The van der Waals surface area contributed by atoms with E-state index in [0.29, 0.717) is 0 Å². The molecule has 2 heterocycles. The zero-order chi connectivity index (χ0) is 12.1. The molecule has 0 bridgehead atoms. The molecule has 0 aliphatic carbocycles. The summed E-state index contributed by atoms with van der Waals surface area (Å²) in [6.45, 7) is 8.95. The number of nitrogens with one attached hydrogen (secondary N) is 1. The molecule has 0 radical (unpaired) electrons. The molecule has 0 amide bonds. The van der Waals surface area contributed by atoms with Gasteiger partial charge in [-0.05, 0) is 50.9 Å². The Balaban J connectivity index is 1.87. The quantitative estimate of drug-likeness (QED) is 0.790. The van der Waals surface area contributed by atoms with Crippen molar-refractivity contribution in [3.05, 3.63) is 24.0 Å². The van der Waals surface area contributed by atoms with Gasteiger partial charge in [0.15, 0.2) is 0 Å². The Labute approximate surface area is 104 Å². The summed E-state index contributed by atoms with van der Waals surface area (Å²) in [5, 5.41) is 3.52. The first-order valence-electron chi connectivity index (χ1n) is 6.68. The van der Waals surface area contributed by atoms with Gasteiger partial charge in [0, 0.05) is 19.3 Å². The van der Waals surface area contributed by atoms with Gasteiger partial charge in [-0.2, -0.15) is 0 Å². The van der Waals surface area contributed by atoms with Gasteiger partial charge in [0.1, 0.15) is 0 Å². The molecule has 1 unspecified atom stereocenters. The second-order valence-corrected chi connectivity index (χ2v) is 4.91. The van der Waals surface area contributed by atoms with Crippen LogP contribution in [-0.4, -0.2) is 31.2 Å². The van der Waals surface area contributed by atoms with Crippen LogP contribution in [0.2, 0.25) is 0 Å². The number of hydrogen-bond acceptors (Lipinski definition) is 3. The van der Waals surface area contributed by atoms with Crippen molar-refractivity contribution < 1.29 is 0 Å². The third-order valence-corrected chi connectivity index (χ3v) is 3.47. The largest absolute Gasteiger partial charge is 0.370 e. The first-order chi connectivity index (χ1) is 8.31. The minimum absolute atomic E-state index is 0.793. The van der Waals surface area contributed by atoms with Gasteiger partial charge in [-0.15, -0.1) is 0 Å². The Bertz CT molecular complexity index is 351. The molecule has 1 aliphatic rings. The minimum atomic E-state index is 0.793. The number of aromatic nitrogens is 1. The lowest BCUT2D eigenvalue weighted by atomic mass is 10.1. The molecule has 1 aromatic heterocycles. The molecule has 0 saturated carbocycles. The van der Waals surface area contributed by atoms with Crippen LogP contribution in [-0.2, 0) is 0 Å². The summed E-state index contributed by atoms with van der Waals surface area (Å²) < 4.78 is 0. The molecule has 1 N–H and O–H groups in total. The Hall–Kier alpha value is -1.09. The lowest BCUT2D eigenvalue weighted by molar-refractivity contribution is 0.516. The van der Waals surface area contributed by atoms with Crippen LogP contribution in [0.5, 0.6) is 0 Å². The highest BCUT2D eigenvalue weighted by Gasteiger charge is 2.23. The summed E-state index contributed by atoms with van der Waals surface area (Å²) in [6.07, 6.45) is 4.39. The molecule has 1 aliphatic heterocycles. The van der Waals surface area contributed by atoms with E-state index in [1.54, 1.807) is 0 Å². The SMILES string of the molecule is CCCNCC1CCN(c2cccnc2C)C1. The van der Waals surface area contributed by atoms with E-state index in [9.17, 15) is 0 Å². The maximum absolute atomic E-state index is 4.37. The lowest BCUT2D eigenvalue weighted by Crippen LogP contribution is -2.27. The molecule has 0 aromatic carbocycles. The summed E-state index contributed by atoms with van der Waals surface area (Å²) >= 11 is 0. The fourth-order valence-electron chi connectivity index (χ4n) is 2.51. The van der Waals surface area contributed by atoms with Gasteiger partial charge in [0.05, 0.1) is 11.4 Å². The normalized spacial score (nSPS) is 19.9. The first-order valence-corrected chi connectivity index (χ1v) is 6.68. The molecule has 17 heavy (non-hydrogen) atoms. The van der Waals surface area contributed by atoms with Crippen LogP contribution in [0.4, 0.5) is 5.69 Å². The number of aryl methyl sites for hydroxylation is 1. The van der Waals surface area contributed by atoms with Crippen LogP contribution < -0.4 is 10.2 Å². The van der Waals surface area contributed by atoms with Gasteiger partial charge in [0.25, 0.3) is 0 Å². The molecular formula is C14H23N3. The highest BCUT2D eigenvalue weighted by Crippen LogP contribution is 2.25. The number of nitrogens with zero attached hydrogens (tertiary/aromatic N) is 2. The van der Waals surface area contributed by atoms with Crippen molar-refractivity contribution in [2.24, 2.45) is 5.92 Å². The molecule has 0 spiro atoms. The summed E-state index contributed by atoms with van der Waals surface area (Å²) in [6, 6.07) is 4.22. The average molecular weight is 233 g/mol. The van der Waals surface area contributed by atoms with Crippen molar-refractivity contribution in [2.45, 2.75) is 26.7 Å². The van der Waals surface area contributed by atoms with Crippen molar-refractivity contribution >= 4 is 5.69 Å². The predicted molar refractivity (Wildman–Crippen MR) is 72.5 cm³/mol. The van der Waals surface area contributed by atoms with E-state index in [2.05, 4.69) is 35.1 Å². The number of anilines is 1. The number of pyridine rings is 1. The molecule has 1 aromatic rings. The maximum atomic E-state index is 4.37. The van der Waals surface area contributed by atoms with Crippen LogP contribution in [0.3, 0.4) is 0 Å². The second kappa shape index (κ2) is 6.01. The van der Waals surface area contributed by atoms with Crippen molar-refractivity contribution in [3.63, 3.8) is 0 Å². The first kappa shape index (κ1) is 12.4. The predicted octanol–water partition coefficient (Wildman–Crippen LogP) is 2.22. The van der Waals surface area contributed by atoms with E-state index in [-0.39, 0.29) is 0 Å². The summed E-state index contributed by atoms with van der Waals surface area (Å²) in [5.41, 5.74) is 2.46. The topological polar surface area (TPSA) is 28.2 Å². The number of hydrogen-bond donors (Lipinski definition) is 1. The summed E-state index contributed by atoms with van der Waals surface area (Å²) in [5.74, 6) is 0.793. The number of rotatable bonds is 5. The van der Waals surface area contributed by atoms with Gasteiger partial charge in [-0.1, -0.05) is 6.92 Å². The fourth-order valence-corrected chi connectivity index (χ4v) is 2.51. The van der Waals surface area contributed by atoms with Crippen LogP contribution >= 0.6 is 0 Å². The summed E-state index contributed by atoms with van der Waals surface area (Å²) in [7, 11) is 0. The molecule has 1 fully saturated rings. The van der Waals surface area contributed by atoms with Gasteiger partial charge < -0.3 is 10.2 Å². The van der Waals surface area contributed by atoms with Gasteiger partial charge in [-0.3, -0.25) is 4.98 Å². The fraction of sp³-hybridized carbons (Fsp3) is 0.643. The molecule has 3 heteroatoms. The minimum Gasteiger partial charge on any atom is -0.370 e. The second-order valence-electron chi connectivity index (χ2n) is 4.91. The Morgan fingerprint density at radius 3 is 3.18 bits per heavy atom. The van der Waals surface area contributed by atoms with E-state index in [1.807, 2.05) is 12.3 Å². The van der Waals surface area contributed by atoms with Crippen LogP contribution in [0.15, 0.2) is 18.3 Å². The third kappa shape index (κ3) is 3.19. The van der Waals surface area contributed by atoms with Crippen molar-refractivity contribution in [2.75, 3.05) is 31.1 Å². The molecule has 2 rings (SSSR count). The zero-order valence-corrected chi connectivity index (χ0v) is 10.9. The van der Waals surface area contributed by atoms with Gasteiger partial charge in [-0.25, -0.2) is 0 Å². The Morgan fingerprint density at radius 1 is 1.53 bits per heavy atom. The average Bonchev–Trinajstić information content (AvgIpc) is 2.79. The van der Waals surface area contributed by atoms with Crippen molar-refractivity contribution in [1.29, 1.82) is 0 Å². The molecular weight excluding hydrogens is 210 g/mol. The zero-order valence-electron chi connectivity index (χ0n) is 10.9. The monoisotopic (exact) mass is 233 g/mol. The maximum Gasteiger partial charge on any atom is 0.0605 e. The van der Waals surface area contributed by atoms with Gasteiger partial charge >= 0.3 is 0 Å². The molecule has 1 saturated heterocycles. The lowest BCUT2D eigenvalue weighted by Gasteiger charge is -2.20. The molecule has 94 valence electrons. The van der Waals surface area contributed by atoms with E-state index < -0.39 is 0 Å². The smallest absolute Gasteiger partial charge is 0.0605 e. The Morgan fingerprint density at radius 2 is 2.41 bits per heavy atom. The van der Waals surface area contributed by atoms with Crippen molar-refractivity contribution in [1.82, 2.24) is 10.3 Å². The van der Waals surface area contributed by atoms with E-state index in [0.717, 1.165) is 24.7 Å². The van der Waals surface area contributed by atoms with Crippen LogP contribution in [0.1, 0.15) is 25.5 Å². The van der Waals surface area contributed by atoms with Crippen LogP contribution in [0.25, 0.3) is 0 Å². The third-order valence-electron chi connectivity index (χ3n) is 3.47. The Kier molecular flexibility index (Phi) is 4.37. The highest BCUT2D eigenvalue weighted by atomic mass is 15.2. The summed E-state index contributed by atoms with van der Waals surface area (Å²) in [4.78, 5) is 6.84. The molecule has 3 nitrogen and oxygen atoms in total. The highest BCUT2D eigenvalue weighted by molar-refractivity contribution is 5.50. The van der Waals surface area contributed by atoms with Crippen LogP contribution in [0, 0.1) is 12.8 Å². The van der Waals surface area contributed by atoms with E-state index in [4.69, 9.17) is 0 Å². The van der Waals surface area contributed by atoms with E-state index >= 15 is 0 Å². The standard InChI is InChI=1S/C14H23N3/c1-3-7-15-10-13-6-9-17(11-13)14-5-4-8-16-12(14)2/h4-5,8,13,15H,3,6-7,9-11H2,1-2H3.